The van der Waals surface area contributed by atoms with Gasteiger partial charge in [-0.1, -0.05) is 182 Å². The van der Waals surface area contributed by atoms with Gasteiger partial charge >= 0.3 is 35.8 Å². The minimum absolute atomic E-state index is 0.0363. The lowest BCUT2D eigenvalue weighted by Crippen LogP contribution is -2.53. The third-order valence-electron chi connectivity index (χ3n) is 20.7. The Balaban J connectivity index is 0.956. The van der Waals surface area contributed by atoms with E-state index >= 15 is 47.9 Å². The van der Waals surface area contributed by atoms with Crippen molar-refractivity contribution in [3.05, 3.63) is 376 Å². The number of hydrogen-bond acceptors (Lipinski definition) is 18. The molecule has 0 radical (unpaired) electrons. The molecule has 5 aliphatic carbocycles. The second-order valence-electron chi connectivity index (χ2n) is 27.4. The Hall–Kier alpha value is -13.7. The summed E-state index contributed by atoms with van der Waals surface area (Å²) in [5.74, 6) is -17.8. The number of esters is 6. The third-order valence-corrected chi connectivity index (χ3v) is 23.2. The van der Waals surface area contributed by atoms with Crippen LogP contribution in [0.5, 0.6) is 0 Å². The van der Waals surface area contributed by atoms with Gasteiger partial charge in [0.25, 0.3) is 0 Å². The number of fused-ring (bicyclic) bond motifs is 11. The Morgan fingerprint density at radius 1 is 0.292 bits per heavy atom. The first-order valence-corrected chi connectivity index (χ1v) is 37.0. The highest BCUT2D eigenvalue weighted by Crippen LogP contribution is 2.68. The fraction of sp³-hybridized carbons (Fsp3) is 0.0989. The molecule has 0 fully saturated rings. The molecule has 2 aromatic heterocycles. The topological polar surface area (TPSA) is 226 Å². The molecule has 0 atom stereocenters. The maximum Gasteiger partial charge on any atom is 0.333 e. The van der Waals surface area contributed by atoms with E-state index in [-0.39, 0.29) is 63.3 Å². The van der Waals surface area contributed by atoms with Crippen LogP contribution in [0.1, 0.15) is 107 Å². The third kappa shape index (κ3) is 11.9. The Labute approximate surface area is 647 Å². The standard InChI is InChI=1S/C91H54F4O16S2/c92-67-35-55-31-61-62(32-56(55)36-68(67)93)78(97)65(77(61)96)39-59-41-71-73(89(59,83(100)106-43-49-19-7-1-8-20-49)84(101)107-44-50-21-9-2-10-22-50)75-81(112-71)82-76(91(75,87(104)110-47-53-27-15-5-16-28-53)88(105)111-48-54-29-17-6-18-30-54)74-72(113-82)42-60(40-66-79(98)63-33-57-37-69(94)70(95)38-58(57)34-64(63)80(66)99)90(74,85(102)108-45-51-23-11-3-12-24-51)86(103)109-46-52-25-13-4-14-26-52/h1-42H,43-48H2. The first kappa shape index (κ1) is 72.2. The number of rotatable bonds is 20. The van der Waals surface area contributed by atoms with Crippen LogP contribution < -0.4 is 0 Å². The van der Waals surface area contributed by atoms with Gasteiger partial charge in [0.1, 0.15) is 39.6 Å². The van der Waals surface area contributed by atoms with E-state index in [0.29, 0.717) is 33.4 Å². The number of thiophene rings is 2. The second kappa shape index (κ2) is 28.6. The Morgan fingerprint density at radius 2 is 0.504 bits per heavy atom. The van der Waals surface area contributed by atoms with Crippen molar-refractivity contribution >= 4 is 115 Å². The molecule has 17 rings (SSSR count). The summed E-state index contributed by atoms with van der Waals surface area (Å²) in [7, 11) is 0. The van der Waals surface area contributed by atoms with Crippen LogP contribution in [0.4, 0.5) is 17.6 Å². The van der Waals surface area contributed by atoms with Gasteiger partial charge in [-0.05, 0) is 139 Å². The van der Waals surface area contributed by atoms with E-state index < -0.39 is 183 Å². The molecule has 0 unspecified atom stereocenters. The van der Waals surface area contributed by atoms with Gasteiger partial charge in [-0.2, -0.15) is 0 Å². The number of carbonyl (C=O) groups is 10. The van der Waals surface area contributed by atoms with Crippen LogP contribution in [0.3, 0.4) is 0 Å². The highest BCUT2D eigenvalue weighted by Gasteiger charge is 2.72. The molecule has 5 aliphatic rings. The monoisotopic (exact) mass is 1540 g/mol. The SMILES string of the molecule is O=C1C(=CC2=Cc3sc4c(c3C2(C(=O)OCc2ccccc2)C(=O)OCc2ccccc2)C(C(=O)OCc2ccccc2)(C(=O)OCc2ccccc2)c2c-4sc3c2C(C(=O)OCc2ccccc2)(C(=O)OCc2ccccc2)C(C=C2C(=O)c4cc5cc(F)c(F)cc5cc4C2=O)=C3)C(=O)c2cc3cc(F)c(F)cc3cc21. The predicted molar refractivity (Wildman–Crippen MR) is 406 cm³/mol. The van der Waals surface area contributed by atoms with Crippen LogP contribution in [0, 0.1) is 23.3 Å². The van der Waals surface area contributed by atoms with Crippen molar-refractivity contribution in [3.8, 4) is 9.75 Å². The van der Waals surface area contributed by atoms with E-state index in [1.54, 1.807) is 182 Å². The molecule has 554 valence electrons. The van der Waals surface area contributed by atoms with E-state index in [9.17, 15) is 17.6 Å². The predicted octanol–water partition coefficient (Wildman–Crippen LogP) is 16.7. The van der Waals surface area contributed by atoms with Crippen molar-refractivity contribution in [2.75, 3.05) is 0 Å². The molecular weight excluding hydrogens is 1490 g/mol. The number of Topliss-reactive ketones (excluding diaryl/α,β-unsaturated/α-hetero) is 4. The van der Waals surface area contributed by atoms with Gasteiger partial charge in [-0.3, -0.25) is 47.9 Å². The average Bonchev–Trinajstić information content (AvgIpc) is 1.48. The van der Waals surface area contributed by atoms with Gasteiger partial charge in [-0.25, -0.2) is 17.6 Å². The lowest BCUT2D eigenvalue weighted by atomic mass is 9.66. The zero-order valence-corrected chi connectivity index (χ0v) is 60.5. The van der Waals surface area contributed by atoms with Crippen molar-refractivity contribution in [1.29, 1.82) is 0 Å². The summed E-state index contributed by atoms with van der Waals surface area (Å²) in [6.07, 6.45) is 4.55. The molecule has 0 aliphatic heterocycles. The number of carbonyl (C=O) groups excluding carboxylic acids is 10. The smallest absolute Gasteiger partial charge is 0.333 e. The zero-order chi connectivity index (χ0) is 78.2. The van der Waals surface area contributed by atoms with Gasteiger partial charge < -0.3 is 28.4 Å². The molecule has 0 bridgehead atoms. The van der Waals surface area contributed by atoms with Gasteiger partial charge in [0.15, 0.2) is 46.4 Å². The number of ketones is 4. The van der Waals surface area contributed by atoms with E-state index in [1.807, 2.05) is 0 Å². The molecule has 0 N–H and O–H groups in total. The summed E-state index contributed by atoms with van der Waals surface area (Å²) < 4.78 is 98.3. The Bertz CT molecular complexity index is 5650. The lowest BCUT2D eigenvalue weighted by Gasteiger charge is -2.35. The van der Waals surface area contributed by atoms with Crippen LogP contribution in [0.2, 0.25) is 0 Å². The highest BCUT2D eigenvalue weighted by atomic mass is 32.1. The van der Waals surface area contributed by atoms with Crippen LogP contribution in [0.15, 0.2) is 265 Å². The van der Waals surface area contributed by atoms with Gasteiger partial charge in [0.2, 0.25) is 16.2 Å². The molecule has 0 spiro atoms. The maximum atomic E-state index is 17.4. The summed E-state index contributed by atoms with van der Waals surface area (Å²) in [5, 5.41) is 0.145. The molecule has 0 amide bonds. The minimum Gasteiger partial charge on any atom is -0.459 e. The normalized spacial score (nSPS) is 14.8. The van der Waals surface area contributed by atoms with Crippen molar-refractivity contribution in [3.63, 3.8) is 0 Å². The van der Waals surface area contributed by atoms with E-state index in [4.69, 9.17) is 28.4 Å². The molecular formula is C91H54F4O16S2. The Kier molecular flexibility index (Phi) is 18.3. The van der Waals surface area contributed by atoms with Crippen LogP contribution >= 0.6 is 22.7 Å². The van der Waals surface area contributed by atoms with Crippen molar-refractivity contribution < 1.29 is 93.9 Å². The van der Waals surface area contributed by atoms with Crippen LogP contribution in [-0.2, 0) is 113 Å². The first-order valence-electron chi connectivity index (χ1n) is 35.3. The molecule has 16 nitrogen and oxygen atoms in total. The lowest BCUT2D eigenvalue weighted by molar-refractivity contribution is -0.168. The zero-order valence-electron chi connectivity index (χ0n) is 58.9. The molecule has 0 saturated carbocycles. The number of ether oxygens (including phenoxy) is 6. The molecule has 2 heterocycles. The van der Waals surface area contributed by atoms with E-state index in [1.165, 1.54) is 36.4 Å². The summed E-state index contributed by atoms with van der Waals surface area (Å²) >= 11 is 1.57. The number of benzene rings is 10. The fourth-order valence-corrected chi connectivity index (χ4v) is 18.2. The highest BCUT2D eigenvalue weighted by molar-refractivity contribution is 7.24. The largest absolute Gasteiger partial charge is 0.459 e. The van der Waals surface area contributed by atoms with Crippen molar-refractivity contribution in [2.45, 2.75) is 55.9 Å². The molecule has 113 heavy (non-hydrogen) atoms. The second-order valence-corrected chi connectivity index (χ2v) is 29.5. The van der Waals surface area contributed by atoms with E-state index in [0.717, 1.165) is 59.1 Å². The van der Waals surface area contributed by atoms with Crippen LogP contribution in [-0.4, -0.2) is 58.9 Å². The number of allylic oxidation sites excluding steroid dienone is 4. The van der Waals surface area contributed by atoms with E-state index in [2.05, 4.69) is 0 Å². The average molecular weight is 1540 g/mol. The van der Waals surface area contributed by atoms with Gasteiger partial charge in [0, 0.05) is 54.3 Å². The molecule has 12 aromatic rings. The summed E-state index contributed by atoms with van der Waals surface area (Å²) in [5.41, 5.74) is -13.0. The van der Waals surface area contributed by atoms with Gasteiger partial charge in [-0.15, -0.1) is 22.7 Å². The quantitative estimate of drug-likeness (QED) is 0.0173. The van der Waals surface area contributed by atoms with Crippen molar-refractivity contribution in [1.82, 2.24) is 0 Å². The molecule has 0 saturated heterocycles. The molecule has 10 aromatic carbocycles. The fourth-order valence-electron chi connectivity index (χ4n) is 15.3. The molecule has 22 heteroatoms. The van der Waals surface area contributed by atoms with Gasteiger partial charge in [0.05, 0.1) is 20.9 Å². The summed E-state index contributed by atoms with van der Waals surface area (Å²) in [4.78, 5) is 162. The van der Waals surface area contributed by atoms with Crippen LogP contribution in [0.25, 0.3) is 43.5 Å². The summed E-state index contributed by atoms with van der Waals surface area (Å²) in [6.45, 7) is -3.60. The summed E-state index contributed by atoms with van der Waals surface area (Å²) in [6, 6.07) is 57.5. The minimum atomic E-state index is -3.34. The number of halogens is 4. The first-order chi connectivity index (χ1) is 54.8. The van der Waals surface area contributed by atoms with Crippen molar-refractivity contribution in [2.24, 2.45) is 0 Å². The maximum absolute atomic E-state index is 17.4. The Morgan fingerprint density at radius 3 is 0.726 bits per heavy atom. The number of hydrogen-bond donors (Lipinski definition) is 0.